The fourth-order valence-electron chi connectivity index (χ4n) is 1.14. The SMILES string of the molecule is CNCCC#Cc1ccc(S(C)(=O)=O)cc1. The van der Waals surface area contributed by atoms with E-state index in [-0.39, 0.29) is 0 Å². The van der Waals surface area contributed by atoms with Crippen molar-refractivity contribution in [1.29, 1.82) is 0 Å². The summed E-state index contributed by atoms with van der Waals surface area (Å²) in [5.41, 5.74) is 0.837. The Hall–Kier alpha value is -1.31. The van der Waals surface area contributed by atoms with Gasteiger partial charge in [-0.3, -0.25) is 0 Å². The molecule has 4 heteroatoms. The van der Waals surface area contributed by atoms with Crippen LogP contribution < -0.4 is 5.32 Å². The van der Waals surface area contributed by atoms with Crippen LogP contribution in [0.2, 0.25) is 0 Å². The van der Waals surface area contributed by atoms with Gasteiger partial charge >= 0.3 is 0 Å². The monoisotopic (exact) mass is 237 g/mol. The molecule has 0 aliphatic heterocycles. The van der Waals surface area contributed by atoms with Gasteiger partial charge < -0.3 is 5.32 Å². The molecule has 0 amide bonds. The predicted octanol–water partition coefficient (Wildman–Crippen LogP) is 1.05. The van der Waals surface area contributed by atoms with Crippen LogP contribution in [-0.2, 0) is 9.84 Å². The summed E-state index contributed by atoms with van der Waals surface area (Å²) in [6, 6.07) is 6.61. The summed E-state index contributed by atoms with van der Waals surface area (Å²) in [6.45, 7) is 0.856. The Morgan fingerprint density at radius 2 is 1.88 bits per heavy atom. The van der Waals surface area contributed by atoms with E-state index < -0.39 is 9.84 Å². The molecule has 16 heavy (non-hydrogen) atoms. The van der Waals surface area contributed by atoms with E-state index in [0.29, 0.717) is 4.90 Å². The van der Waals surface area contributed by atoms with Crippen molar-refractivity contribution in [2.24, 2.45) is 0 Å². The topological polar surface area (TPSA) is 46.2 Å². The first-order chi connectivity index (χ1) is 7.54. The average molecular weight is 237 g/mol. The molecule has 0 bridgehead atoms. The van der Waals surface area contributed by atoms with Gasteiger partial charge in [0.2, 0.25) is 0 Å². The van der Waals surface area contributed by atoms with E-state index in [9.17, 15) is 8.42 Å². The van der Waals surface area contributed by atoms with Gasteiger partial charge in [0.25, 0.3) is 0 Å². The van der Waals surface area contributed by atoms with Crippen molar-refractivity contribution in [3.05, 3.63) is 29.8 Å². The molecule has 0 aliphatic carbocycles. The van der Waals surface area contributed by atoms with Crippen molar-refractivity contribution >= 4 is 9.84 Å². The predicted molar refractivity (Wildman–Crippen MR) is 65.0 cm³/mol. The largest absolute Gasteiger partial charge is 0.319 e. The number of rotatable bonds is 3. The Kier molecular flexibility index (Phi) is 4.53. The summed E-state index contributed by atoms with van der Waals surface area (Å²) < 4.78 is 22.4. The molecule has 1 aromatic carbocycles. The van der Waals surface area contributed by atoms with Crippen LogP contribution in [0, 0.1) is 11.8 Å². The van der Waals surface area contributed by atoms with Crippen LogP contribution in [0.1, 0.15) is 12.0 Å². The quantitative estimate of drug-likeness (QED) is 0.631. The molecule has 1 N–H and O–H groups in total. The van der Waals surface area contributed by atoms with Gasteiger partial charge in [-0.15, -0.1) is 0 Å². The maximum atomic E-state index is 11.2. The Balaban J connectivity index is 2.75. The summed E-state index contributed by atoms with van der Waals surface area (Å²) in [6.07, 6.45) is 1.98. The Morgan fingerprint density at radius 3 is 2.38 bits per heavy atom. The second-order valence-corrected chi connectivity index (χ2v) is 5.47. The molecule has 0 heterocycles. The molecule has 1 rings (SSSR count). The molecule has 3 nitrogen and oxygen atoms in total. The number of benzene rings is 1. The van der Waals surface area contributed by atoms with Crippen LogP contribution in [0.4, 0.5) is 0 Å². The number of hydrogen-bond acceptors (Lipinski definition) is 3. The summed E-state index contributed by atoms with van der Waals surface area (Å²) in [5.74, 6) is 5.97. The molecule has 0 atom stereocenters. The highest BCUT2D eigenvalue weighted by molar-refractivity contribution is 7.90. The second-order valence-electron chi connectivity index (χ2n) is 3.45. The van der Waals surface area contributed by atoms with Crippen molar-refractivity contribution in [1.82, 2.24) is 5.32 Å². The van der Waals surface area contributed by atoms with Crippen LogP contribution in [0.3, 0.4) is 0 Å². The molecule has 1 aromatic rings. The lowest BCUT2D eigenvalue weighted by Crippen LogP contribution is -2.05. The van der Waals surface area contributed by atoms with Crippen molar-refractivity contribution < 1.29 is 8.42 Å². The molecule has 0 aliphatic rings. The van der Waals surface area contributed by atoms with Crippen LogP contribution in [0.5, 0.6) is 0 Å². The van der Waals surface area contributed by atoms with E-state index in [1.54, 1.807) is 24.3 Å². The highest BCUT2D eigenvalue weighted by Crippen LogP contribution is 2.09. The van der Waals surface area contributed by atoms with Crippen LogP contribution in [-0.4, -0.2) is 28.3 Å². The van der Waals surface area contributed by atoms with Crippen LogP contribution in [0.25, 0.3) is 0 Å². The average Bonchev–Trinajstić information content (AvgIpc) is 2.24. The lowest BCUT2D eigenvalue weighted by atomic mass is 10.2. The van der Waals surface area contributed by atoms with Crippen LogP contribution >= 0.6 is 0 Å². The molecule has 0 radical (unpaired) electrons. The van der Waals surface area contributed by atoms with Gasteiger partial charge in [0.1, 0.15) is 0 Å². The van der Waals surface area contributed by atoms with Crippen LogP contribution in [0.15, 0.2) is 29.2 Å². The maximum absolute atomic E-state index is 11.2. The van der Waals surface area contributed by atoms with E-state index in [4.69, 9.17) is 0 Å². The number of hydrogen-bond donors (Lipinski definition) is 1. The molecular formula is C12H15NO2S. The molecule has 0 aromatic heterocycles. The van der Waals surface area contributed by atoms with Gasteiger partial charge in [-0.2, -0.15) is 0 Å². The van der Waals surface area contributed by atoms with Gasteiger partial charge in [0, 0.05) is 24.8 Å². The van der Waals surface area contributed by atoms with Gasteiger partial charge in [-0.05, 0) is 31.3 Å². The lowest BCUT2D eigenvalue weighted by Gasteiger charge is -1.97. The summed E-state index contributed by atoms with van der Waals surface area (Å²) >= 11 is 0. The molecule has 0 saturated carbocycles. The molecule has 0 fully saturated rings. The molecular weight excluding hydrogens is 222 g/mol. The maximum Gasteiger partial charge on any atom is 0.175 e. The van der Waals surface area contributed by atoms with Gasteiger partial charge in [0.05, 0.1) is 4.90 Å². The third-order valence-electron chi connectivity index (χ3n) is 2.02. The third-order valence-corrected chi connectivity index (χ3v) is 3.14. The first-order valence-electron chi connectivity index (χ1n) is 4.97. The fourth-order valence-corrected chi connectivity index (χ4v) is 1.77. The summed E-state index contributed by atoms with van der Waals surface area (Å²) in [4.78, 5) is 0.327. The van der Waals surface area contributed by atoms with Crippen molar-refractivity contribution in [2.75, 3.05) is 19.8 Å². The minimum atomic E-state index is -3.11. The molecule has 86 valence electrons. The standard InChI is InChI=1S/C12H15NO2S/c1-13-10-4-3-5-11-6-8-12(9-7-11)16(2,14)15/h6-9,13H,4,10H2,1-2H3. The zero-order chi connectivity index (χ0) is 12.0. The van der Waals surface area contributed by atoms with E-state index in [1.165, 1.54) is 6.26 Å². The molecule has 0 spiro atoms. The van der Waals surface area contributed by atoms with Crippen molar-refractivity contribution in [2.45, 2.75) is 11.3 Å². The highest BCUT2D eigenvalue weighted by atomic mass is 32.2. The van der Waals surface area contributed by atoms with E-state index in [0.717, 1.165) is 18.5 Å². The Morgan fingerprint density at radius 1 is 1.25 bits per heavy atom. The molecule has 0 unspecified atom stereocenters. The molecule has 0 saturated heterocycles. The normalized spacial score (nSPS) is 10.6. The highest BCUT2D eigenvalue weighted by Gasteiger charge is 2.04. The smallest absolute Gasteiger partial charge is 0.175 e. The van der Waals surface area contributed by atoms with Crippen molar-refractivity contribution in [3.8, 4) is 11.8 Å². The van der Waals surface area contributed by atoms with Crippen molar-refractivity contribution in [3.63, 3.8) is 0 Å². The Labute approximate surface area is 96.8 Å². The third kappa shape index (κ3) is 4.05. The fraction of sp³-hybridized carbons (Fsp3) is 0.333. The van der Waals surface area contributed by atoms with E-state index in [1.807, 2.05) is 7.05 Å². The zero-order valence-electron chi connectivity index (χ0n) is 9.45. The Bertz CT molecular complexity index is 492. The van der Waals surface area contributed by atoms with Gasteiger partial charge in [0.15, 0.2) is 9.84 Å². The van der Waals surface area contributed by atoms with Gasteiger partial charge in [-0.25, -0.2) is 8.42 Å². The number of sulfone groups is 1. The first kappa shape index (κ1) is 12.8. The first-order valence-corrected chi connectivity index (χ1v) is 6.87. The lowest BCUT2D eigenvalue weighted by molar-refractivity contribution is 0.602. The summed E-state index contributed by atoms with van der Waals surface area (Å²) in [5, 5.41) is 3.00. The van der Waals surface area contributed by atoms with Gasteiger partial charge in [-0.1, -0.05) is 11.8 Å². The number of nitrogens with one attached hydrogen (secondary N) is 1. The summed E-state index contributed by atoms with van der Waals surface area (Å²) in [7, 11) is -1.23. The van der Waals surface area contributed by atoms with E-state index in [2.05, 4.69) is 17.2 Å². The second kappa shape index (κ2) is 5.69. The minimum Gasteiger partial charge on any atom is -0.319 e. The zero-order valence-corrected chi connectivity index (χ0v) is 10.3. The minimum absolute atomic E-state index is 0.327. The van der Waals surface area contributed by atoms with E-state index >= 15 is 0 Å².